The van der Waals surface area contributed by atoms with Gasteiger partial charge in [-0.15, -0.1) is 0 Å². The first-order chi connectivity index (χ1) is 6.24. The zero-order valence-electron chi connectivity index (χ0n) is 7.19. The number of aromatic nitrogens is 1. The van der Waals surface area contributed by atoms with Crippen LogP contribution in [0.25, 0.3) is 0 Å². The van der Waals surface area contributed by atoms with Crippen molar-refractivity contribution < 1.29 is 9.90 Å². The lowest BCUT2D eigenvalue weighted by Gasteiger charge is -1.93. The molecule has 0 aromatic carbocycles. The Kier molecular flexibility index (Phi) is 3.18. The fourth-order valence-corrected chi connectivity index (χ4v) is 0.790. The Morgan fingerprint density at radius 2 is 2.46 bits per heavy atom. The van der Waals surface area contributed by atoms with Crippen LogP contribution >= 0.6 is 0 Å². The summed E-state index contributed by atoms with van der Waals surface area (Å²) in [5.74, 6) is 5.14. The SMILES string of the molecule is C[C@H](O)C#Cc1ncccc1C=O. The molecule has 3 nitrogen and oxygen atoms in total. The van der Waals surface area contributed by atoms with E-state index in [-0.39, 0.29) is 0 Å². The Morgan fingerprint density at radius 3 is 3.08 bits per heavy atom. The molecular formula is C10H9NO2. The molecule has 1 rings (SSSR count). The third-order valence-electron chi connectivity index (χ3n) is 1.37. The largest absolute Gasteiger partial charge is 0.381 e. The van der Waals surface area contributed by atoms with Crippen LogP contribution in [0.2, 0.25) is 0 Å². The smallest absolute Gasteiger partial charge is 0.152 e. The van der Waals surface area contributed by atoms with Crippen LogP contribution in [0.5, 0.6) is 0 Å². The first-order valence-corrected chi connectivity index (χ1v) is 3.84. The van der Waals surface area contributed by atoms with E-state index in [1.165, 1.54) is 0 Å². The zero-order chi connectivity index (χ0) is 9.68. The van der Waals surface area contributed by atoms with Crippen LogP contribution in [0.15, 0.2) is 18.3 Å². The van der Waals surface area contributed by atoms with E-state index in [0.717, 1.165) is 0 Å². The van der Waals surface area contributed by atoms with Crippen molar-refractivity contribution in [2.24, 2.45) is 0 Å². The van der Waals surface area contributed by atoms with Gasteiger partial charge in [0.1, 0.15) is 11.8 Å². The van der Waals surface area contributed by atoms with E-state index >= 15 is 0 Å². The zero-order valence-corrected chi connectivity index (χ0v) is 7.19. The lowest BCUT2D eigenvalue weighted by atomic mass is 10.2. The quantitative estimate of drug-likeness (QED) is 0.503. The minimum atomic E-state index is -0.707. The van der Waals surface area contributed by atoms with Crippen molar-refractivity contribution in [3.05, 3.63) is 29.6 Å². The number of carbonyl (C=O) groups is 1. The third-order valence-corrected chi connectivity index (χ3v) is 1.37. The molecule has 0 saturated carbocycles. The number of hydrogen-bond acceptors (Lipinski definition) is 3. The number of rotatable bonds is 1. The molecule has 0 unspecified atom stereocenters. The Morgan fingerprint density at radius 1 is 1.69 bits per heavy atom. The van der Waals surface area contributed by atoms with Crippen LogP contribution < -0.4 is 0 Å². The summed E-state index contributed by atoms with van der Waals surface area (Å²) in [5, 5.41) is 8.89. The predicted octanol–water partition coefficient (Wildman–Crippen LogP) is 0.626. The average Bonchev–Trinajstić information content (AvgIpc) is 2.15. The molecule has 0 fully saturated rings. The molecule has 1 N–H and O–H groups in total. The molecule has 13 heavy (non-hydrogen) atoms. The van der Waals surface area contributed by atoms with Gasteiger partial charge in [-0.2, -0.15) is 0 Å². The minimum Gasteiger partial charge on any atom is -0.381 e. The van der Waals surface area contributed by atoms with Crippen LogP contribution in [-0.2, 0) is 0 Å². The summed E-state index contributed by atoms with van der Waals surface area (Å²) in [7, 11) is 0. The highest BCUT2D eigenvalue weighted by molar-refractivity contribution is 5.78. The van der Waals surface area contributed by atoms with Gasteiger partial charge in [0.25, 0.3) is 0 Å². The molecule has 1 aromatic rings. The van der Waals surface area contributed by atoms with Crippen molar-refractivity contribution in [2.45, 2.75) is 13.0 Å². The molecule has 1 heterocycles. The van der Waals surface area contributed by atoms with Crippen molar-refractivity contribution in [2.75, 3.05) is 0 Å². The monoisotopic (exact) mass is 175 g/mol. The van der Waals surface area contributed by atoms with Gasteiger partial charge in [-0.1, -0.05) is 5.92 Å². The van der Waals surface area contributed by atoms with Gasteiger partial charge in [0.15, 0.2) is 6.29 Å². The molecule has 0 radical (unpaired) electrons. The number of pyridine rings is 1. The van der Waals surface area contributed by atoms with Crippen molar-refractivity contribution in [3.8, 4) is 11.8 Å². The molecule has 1 aromatic heterocycles. The van der Waals surface area contributed by atoms with E-state index < -0.39 is 6.10 Å². The first-order valence-electron chi connectivity index (χ1n) is 3.84. The van der Waals surface area contributed by atoms with Gasteiger partial charge in [-0.3, -0.25) is 4.79 Å². The standard InChI is InChI=1S/C10H9NO2/c1-8(13)4-5-10-9(7-12)3-2-6-11-10/h2-3,6-8,13H,1H3/t8-/m0/s1. The maximum atomic E-state index is 10.5. The second-order valence-electron chi connectivity index (χ2n) is 2.50. The highest BCUT2D eigenvalue weighted by atomic mass is 16.3. The van der Waals surface area contributed by atoms with Crippen LogP contribution in [0.4, 0.5) is 0 Å². The average molecular weight is 175 g/mol. The molecule has 66 valence electrons. The number of aliphatic hydroxyl groups excluding tert-OH is 1. The number of nitrogens with zero attached hydrogens (tertiary/aromatic N) is 1. The van der Waals surface area contributed by atoms with Crippen molar-refractivity contribution in [3.63, 3.8) is 0 Å². The maximum Gasteiger partial charge on any atom is 0.152 e. The maximum absolute atomic E-state index is 10.5. The predicted molar refractivity (Wildman–Crippen MR) is 48.2 cm³/mol. The van der Waals surface area contributed by atoms with E-state index in [0.29, 0.717) is 17.5 Å². The van der Waals surface area contributed by atoms with E-state index in [1.54, 1.807) is 25.3 Å². The summed E-state index contributed by atoms with van der Waals surface area (Å²) in [6.45, 7) is 1.55. The normalized spacial score (nSPS) is 11.2. The van der Waals surface area contributed by atoms with E-state index in [2.05, 4.69) is 16.8 Å². The van der Waals surface area contributed by atoms with E-state index in [9.17, 15) is 4.79 Å². The van der Waals surface area contributed by atoms with Crippen LogP contribution in [-0.4, -0.2) is 22.5 Å². The molecule has 0 aliphatic rings. The van der Waals surface area contributed by atoms with Gasteiger partial charge in [0.05, 0.1) is 0 Å². The van der Waals surface area contributed by atoms with Crippen LogP contribution in [0.3, 0.4) is 0 Å². The number of carbonyl (C=O) groups excluding carboxylic acids is 1. The van der Waals surface area contributed by atoms with Gasteiger partial charge in [0.2, 0.25) is 0 Å². The van der Waals surface area contributed by atoms with Gasteiger partial charge in [-0.25, -0.2) is 4.98 Å². The summed E-state index contributed by atoms with van der Waals surface area (Å²) < 4.78 is 0. The second kappa shape index (κ2) is 4.39. The molecule has 0 saturated heterocycles. The van der Waals surface area contributed by atoms with E-state index in [1.807, 2.05) is 0 Å². The Labute approximate surface area is 76.4 Å². The highest BCUT2D eigenvalue weighted by Crippen LogP contribution is 1.99. The van der Waals surface area contributed by atoms with Gasteiger partial charge in [0, 0.05) is 11.8 Å². The summed E-state index contributed by atoms with van der Waals surface area (Å²) >= 11 is 0. The summed E-state index contributed by atoms with van der Waals surface area (Å²) in [6, 6.07) is 3.29. The van der Waals surface area contributed by atoms with Crippen LogP contribution in [0.1, 0.15) is 23.0 Å². The number of aliphatic hydroxyl groups is 1. The van der Waals surface area contributed by atoms with Gasteiger partial charge >= 0.3 is 0 Å². The highest BCUT2D eigenvalue weighted by Gasteiger charge is 1.97. The first kappa shape index (κ1) is 9.43. The Bertz CT molecular complexity index is 361. The van der Waals surface area contributed by atoms with Gasteiger partial charge < -0.3 is 5.11 Å². The second-order valence-corrected chi connectivity index (χ2v) is 2.50. The molecule has 0 aliphatic carbocycles. The van der Waals surface area contributed by atoms with Crippen molar-refractivity contribution in [1.82, 2.24) is 4.98 Å². The topological polar surface area (TPSA) is 50.2 Å². The Balaban J connectivity index is 3.02. The fourth-order valence-electron chi connectivity index (χ4n) is 0.790. The minimum absolute atomic E-state index is 0.401. The fraction of sp³-hybridized carbons (Fsp3) is 0.200. The lowest BCUT2D eigenvalue weighted by Crippen LogP contribution is -1.95. The molecule has 1 atom stereocenters. The van der Waals surface area contributed by atoms with Crippen molar-refractivity contribution >= 4 is 6.29 Å². The molecule has 0 aliphatic heterocycles. The molecule has 0 amide bonds. The molecule has 0 spiro atoms. The summed E-state index contributed by atoms with van der Waals surface area (Å²) in [4.78, 5) is 14.4. The third kappa shape index (κ3) is 2.69. The lowest BCUT2D eigenvalue weighted by molar-refractivity contribution is 0.112. The summed E-state index contributed by atoms with van der Waals surface area (Å²) in [6.07, 6.45) is 1.54. The molecule has 3 heteroatoms. The molecule has 0 bridgehead atoms. The number of aldehydes is 1. The van der Waals surface area contributed by atoms with Crippen molar-refractivity contribution in [1.29, 1.82) is 0 Å². The van der Waals surface area contributed by atoms with Gasteiger partial charge in [-0.05, 0) is 25.0 Å². The Hall–Kier alpha value is -1.66. The molecular weight excluding hydrogens is 166 g/mol. The van der Waals surface area contributed by atoms with E-state index in [4.69, 9.17) is 5.11 Å². The summed E-state index contributed by atoms with van der Waals surface area (Å²) in [5.41, 5.74) is 0.842. The van der Waals surface area contributed by atoms with Crippen LogP contribution in [0, 0.1) is 11.8 Å². The number of hydrogen-bond donors (Lipinski definition) is 1.